The summed E-state index contributed by atoms with van der Waals surface area (Å²) in [5.41, 5.74) is 21.2. The summed E-state index contributed by atoms with van der Waals surface area (Å²) in [7, 11) is 0. The summed E-state index contributed by atoms with van der Waals surface area (Å²) in [6.45, 7) is 7.48. The molecule has 12 amide bonds. The van der Waals surface area contributed by atoms with Gasteiger partial charge in [0.25, 0.3) is 5.91 Å². The largest absolute Gasteiger partial charge is 0.449 e. The van der Waals surface area contributed by atoms with Crippen molar-refractivity contribution in [2.75, 3.05) is 13.2 Å². The van der Waals surface area contributed by atoms with Gasteiger partial charge in [0.1, 0.15) is 48.9 Å². The number of hydrogen-bond acceptors (Lipinski definition) is 13. The molecule has 90 heavy (non-hydrogen) atoms. The van der Waals surface area contributed by atoms with E-state index in [1.54, 1.807) is 82.4 Å². The van der Waals surface area contributed by atoms with Gasteiger partial charge in [0.05, 0.1) is 12.9 Å². The quantitative estimate of drug-likeness (QED) is 0.0285. The fraction of sp³-hybridized carbons (Fsp3) is 0.365. The molecule has 0 radical (unpaired) electrons. The van der Waals surface area contributed by atoms with Crippen molar-refractivity contribution in [1.29, 1.82) is 0 Å². The van der Waals surface area contributed by atoms with Crippen LogP contribution in [0, 0.1) is 11.8 Å². The van der Waals surface area contributed by atoms with Crippen LogP contribution in [0.25, 0.3) is 22.0 Å². The Morgan fingerprint density at radius 1 is 0.567 bits per heavy atom. The van der Waals surface area contributed by atoms with Crippen LogP contribution >= 0.6 is 0 Å². The lowest BCUT2D eigenvalue weighted by atomic mass is 9.98. The minimum absolute atomic E-state index is 0.0423. The molecular weight excluding hydrogens is 1160 g/mol. The van der Waals surface area contributed by atoms with Gasteiger partial charge in [-0.3, -0.25) is 48.6 Å². The molecule has 27 nitrogen and oxygen atoms in total. The third-order valence-corrected chi connectivity index (χ3v) is 15.0. The van der Waals surface area contributed by atoms with Crippen LogP contribution in [-0.2, 0) is 67.2 Å². The van der Waals surface area contributed by atoms with Gasteiger partial charge < -0.3 is 68.7 Å². The molecule has 27 heteroatoms. The van der Waals surface area contributed by atoms with Gasteiger partial charge >= 0.3 is 12.1 Å². The van der Waals surface area contributed by atoms with Crippen molar-refractivity contribution in [1.82, 2.24) is 68.3 Å². The summed E-state index contributed by atoms with van der Waals surface area (Å²) in [6, 6.07) is 21.2. The molecule has 4 aromatic carbocycles. The van der Waals surface area contributed by atoms with E-state index in [1.807, 2.05) is 60.0 Å². The number of nitrogens with zero attached hydrogens (tertiary/aromatic N) is 1. The van der Waals surface area contributed by atoms with Gasteiger partial charge in [0.2, 0.25) is 47.3 Å². The summed E-state index contributed by atoms with van der Waals surface area (Å²) >= 11 is 0. The number of imidazole rings is 1. The molecule has 16 N–H and O–H groups in total. The predicted octanol–water partition coefficient (Wildman–Crippen LogP) is 1.54. The van der Waals surface area contributed by atoms with E-state index in [1.165, 1.54) is 19.4 Å². The number of nitrogens with one attached hydrogen (secondary N) is 12. The standard InChI is InChI=1S/C63H77N15O12/c1-34(2)25-48(60(86)77-78-62(65)88)73-59(85)51(28-39-30-66-33-69-39)71-53(80)31-68-61(87)54(35(3)4)76-55(81)36(5)70-57(83)50(27-38-29-67-46-22-14-13-17-40(38)46)74-56(82)47(23-24-52(64)79)72-58(84)49(26-37-15-7-6-8-16-37)75-63(89)90-32-45-43-20-11-9-18-41(43)42-19-10-12-21-44(42)45/h6-22,29-30,33-36,45,47-51,54,67H,23-28,31-32H2,1-5H3,(H2,64,79)(H,66,69)(H,68,87)(H,70,83)(H,71,80)(H,72,84)(H,73,85)(H,74,82)(H,75,89)(H,76,81)(H,77,86)(H3,65,78,88)/t36-,47-,48-,49+,50-,51-,54-/m0/s1. The maximum absolute atomic E-state index is 14.6. The molecule has 7 rings (SSSR count). The zero-order valence-electron chi connectivity index (χ0n) is 50.5. The zero-order valence-corrected chi connectivity index (χ0v) is 50.5. The molecule has 0 saturated heterocycles. The number of rotatable bonds is 30. The third kappa shape index (κ3) is 19.0. The molecule has 2 aromatic heterocycles. The maximum Gasteiger partial charge on any atom is 0.407 e. The highest BCUT2D eigenvalue weighted by atomic mass is 16.5. The Hall–Kier alpha value is -10.6. The molecule has 1 aliphatic carbocycles. The number of aromatic nitrogens is 3. The number of alkyl carbamates (subject to hydrolysis) is 1. The van der Waals surface area contributed by atoms with Crippen molar-refractivity contribution in [2.24, 2.45) is 23.3 Å². The van der Waals surface area contributed by atoms with Gasteiger partial charge in [0, 0.05) is 60.6 Å². The number of benzene rings is 4. The number of hydrazine groups is 1. The topological polar surface area (TPSA) is 414 Å². The monoisotopic (exact) mass is 1240 g/mol. The molecule has 6 aromatic rings. The maximum atomic E-state index is 14.6. The second-order valence-electron chi connectivity index (χ2n) is 22.7. The summed E-state index contributed by atoms with van der Waals surface area (Å²) in [4.78, 5) is 159. The average Bonchev–Trinajstić information content (AvgIpc) is 1.71. The van der Waals surface area contributed by atoms with Crippen LogP contribution in [0.15, 0.2) is 122 Å². The molecule has 476 valence electrons. The first-order valence-electron chi connectivity index (χ1n) is 29.4. The Balaban J connectivity index is 1.02. The Bertz CT molecular complexity index is 3490. The normalized spacial score (nSPS) is 13.9. The second-order valence-corrected chi connectivity index (χ2v) is 22.7. The second kappa shape index (κ2) is 31.9. The van der Waals surface area contributed by atoms with Crippen molar-refractivity contribution in [3.8, 4) is 11.1 Å². The van der Waals surface area contributed by atoms with E-state index >= 15 is 0 Å². The van der Waals surface area contributed by atoms with Crippen LogP contribution in [0.4, 0.5) is 9.59 Å². The van der Waals surface area contributed by atoms with E-state index in [-0.39, 0.29) is 57.0 Å². The highest BCUT2D eigenvalue weighted by Gasteiger charge is 2.35. The number of hydrogen-bond donors (Lipinski definition) is 14. The van der Waals surface area contributed by atoms with Crippen molar-refractivity contribution in [3.05, 3.63) is 150 Å². The number of urea groups is 1. The molecule has 0 saturated carbocycles. The molecule has 7 atom stereocenters. The average molecular weight is 1240 g/mol. The number of amides is 12. The van der Waals surface area contributed by atoms with Gasteiger partial charge in [-0.2, -0.15) is 0 Å². The first-order valence-corrected chi connectivity index (χ1v) is 29.4. The predicted molar refractivity (Wildman–Crippen MR) is 330 cm³/mol. The van der Waals surface area contributed by atoms with Crippen LogP contribution in [0.2, 0.25) is 0 Å². The number of carbonyl (C=O) groups is 11. The Kier molecular flexibility index (Phi) is 23.7. The number of fused-ring (bicyclic) bond motifs is 4. The molecule has 0 aliphatic heterocycles. The first kappa shape index (κ1) is 66.9. The number of para-hydroxylation sites is 1. The highest BCUT2D eigenvalue weighted by molar-refractivity contribution is 5.98. The number of aromatic amines is 2. The number of carbonyl (C=O) groups excluding carboxylic acids is 11. The van der Waals surface area contributed by atoms with Gasteiger partial charge in [-0.25, -0.2) is 20.0 Å². The van der Waals surface area contributed by atoms with E-state index in [2.05, 4.69) is 62.9 Å². The van der Waals surface area contributed by atoms with Crippen LogP contribution in [0.1, 0.15) is 87.7 Å². The van der Waals surface area contributed by atoms with Gasteiger partial charge in [-0.15, -0.1) is 0 Å². The van der Waals surface area contributed by atoms with Crippen molar-refractivity contribution >= 4 is 76.2 Å². The molecule has 0 fully saturated rings. The first-order chi connectivity index (χ1) is 43.0. The fourth-order valence-corrected chi connectivity index (χ4v) is 10.4. The van der Waals surface area contributed by atoms with E-state index in [0.29, 0.717) is 22.2 Å². The van der Waals surface area contributed by atoms with E-state index in [4.69, 9.17) is 16.2 Å². The van der Waals surface area contributed by atoms with Gasteiger partial charge in [-0.1, -0.05) is 125 Å². The minimum atomic E-state index is -1.51. The number of nitrogens with two attached hydrogens (primary N) is 2. The third-order valence-electron chi connectivity index (χ3n) is 15.0. The van der Waals surface area contributed by atoms with Crippen LogP contribution in [0.3, 0.4) is 0 Å². The summed E-state index contributed by atoms with van der Waals surface area (Å²) in [5, 5.41) is 21.6. The Labute approximate surface area is 518 Å². The van der Waals surface area contributed by atoms with Crippen molar-refractivity contribution in [3.63, 3.8) is 0 Å². The summed E-state index contributed by atoms with van der Waals surface area (Å²) in [5.74, 6) is -8.37. The van der Waals surface area contributed by atoms with Crippen LogP contribution in [-0.4, -0.2) is 136 Å². The fourth-order valence-electron chi connectivity index (χ4n) is 10.4. The van der Waals surface area contributed by atoms with E-state index in [9.17, 15) is 52.7 Å². The molecular formula is C63H77N15O12. The van der Waals surface area contributed by atoms with E-state index in [0.717, 1.165) is 27.8 Å². The molecule has 0 bridgehead atoms. The Morgan fingerprint density at radius 2 is 1.16 bits per heavy atom. The van der Waals surface area contributed by atoms with Gasteiger partial charge in [-0.05, 0) is 71.0 Å². The van der Waals surface area contributed by atoms with Crippen molar-refractivity contribution < 1.29 is 57.5 Å². The van der Waals surface area contributed by atoms with Crippen molar-refractivity contribution in [2.45, 2.75) is 121 Å². The van der Waals surface area contributed by atoms with Crippen LogP contribution in [0.5, 0.6) is 0 Å². The van der Waals surface area contributed by atoms with E-state index < -0.39 is 120 Å². The molecule has 1 aliphatic rings. The molecule has 2 heterocycles. The minimum Gasteiger partial charge on any atom is -0.449 e. The van der Waals surface area contributed by atoms with Crippen LogP contribution < -0.4 is 64.9 Å². The lowest BCUT2D eigenvalue weighted by Crippen LogP contribution is -2.60. The summed E-state index contributed by atoms with van der Waals surface area (Å²) in [6.07, 6.45) is 2.66. The highest BCUT2D eigenvalue weighted by Crippen LogP contribution is 2.44. The lowest BCUT2D eigenvalue weighted by molar-refractivity contribution is -0.135. The van der Waals surface area contributed by atoms with Gasteiger partial charge in [0.15, 0.2) is 0 Å². The molecule has 0 spiro atoms. The zero-order chi connectivity index (χ0) is 65.0. The summed E-state index contributed by atoms with van der Waals surface area (Å²) < 4.78 is 5.81. The smallest absolute Gasteiger partial charge is 0.407 e. The number of primary amides is 2. The Morgan fingerprint density at radius 3 is 1.79 bits per heavy atom. The number of ether oxygens (including phenoxy) is 1. The lowest BCUT2D eigenvalue weighted by Gasteiger charge is -2.27. The molecule has 0 unspecified atom stereocenters. The number of H-pyrrole nitrogens is 2. The SMILES string of the molecule is CC(C)C[C@H](NC(=O)[C@H](Cc1cnc[nH]1)NC(=O)CNC(=O)[C@@H](NC(=O)[C@H](C)NC(=O)[C@H](Cc1c[nH]c2ccccc12)NC(=O)[C@H](CCC(N)=O)NC(=O)[C@@H](Cc1ccccc1)NC(=O)OCC1c2ccccc2-c2ccccc21)C(C)C)C(=O)NNC(N)=O.